The number of rotatable bonds is 6. The van der Waals surface area contributed by atoms with Crippen molar-refractivity contribution in [2.45, 2.75) is 26.7 Å². The van der Waals surface area contributed by atoms with E-state index in [9.17, 15) is 9.59 Å². The van der Waals surface area contributed by atoms with E-state index in [1.54, 1.807) is 47.0 Å². The number of aromatic nitrogens is 2. The Bertz CT molecular complexity index is 997. The second kappa shape index (κ2) is 8.22. The third kappa shape index (κ3) is 4.11. The van der Waals surface area contributed by atoms with Crippen molar-refractivity contribution in [1.29, 1.82) is 0 Å². The van der Waals surface area contributed by atoms with E-state index in [4.69, 9.17) is 11.6 Å². The Morgan fingerprint density at radius 1 is 1.19 bits per heavy atom. The first-order valence-electron chi connectivity index (χ1n) is 8.84. The molecule has 1 aromatic carbocycles. The molecule has 0 fully saturated rings. The fourth-order valence-corrected chi connectivity index (χ4v) is 3.00. The van der Waals surface area contributed by atoms with Gasteiger partial charge in [0.15, 0.2) is 5.69 Å². The van der Waals surface area contributed by atoms with Gasteiger partial charge in [-0.15, -0.1) is 0 Å². The Hall–Kier alpha value is -2.86. The van der Waals surface area contributed by atoms with E-state index in [0.29, 0.717) is 22.8 Å². The first-order chi connectivity index (χ1) is 13.0. The molecule has 0 aliphatic rings. The molecule has 0 bridgehead atoms. The molecule has 0 saturated heterocycles. The molecule has 2 amide bonds. The smallest absolute Gasteiger partial charge is 0.287 e. The molecular weight excluding hydrogens is 364 g/mol. The molecule has 6 nitrogen and oxygen atoms in total. The normalized spacial score (nSPS) is 10.8. The van der Waals surface area contributed by atoms with Gasteiger partial charge in [-0.05, 0) is 49.2 Å². The molecule has 0 atom stereocenters. The largest absolute Gasteiger partial charge is 0.349 e. The topological polar surface area (TPSA) is 75.5 Å². The Morgan fingerprint density at radius 3 is 2.74 bits per heavy atom. The third-order valence-corrected chi connectivity index (χ3v) is 4.45. The van der Waals surface area contributed by atoms with Crippen molar-refractivity contribution in [3.63, 3.8) is 0 Å². The van der Waals surface area contributed by atoms with Crippen molar-refractivity contribution < 1.29 is 9.59 Å². The van der Waals surface area contributed by atoms with Crippen molar-refractivity contribution in [1.82, 2.24) is 14.7 Å². The molecular formula is C20H21ClN4O2. The predicted octanol–water partition coefficient (Wildman–Crippen LogP) is 4.08. The number of carbonyl (C=O) groups excluding carboxylic acids is 2. The molecule has 3 rings (SSSR count). The Morgan fingerprint density at radius 2 is 2.00 bits per heavy atom. The van der Waals surface area contributed by atoms with Gasteiger partial charge >= 0.3 is 0 Å². The number of nitrogens with zero attached hydrogens (tertiary/aromatic N) is 2. The molecule has 2 aromatic heterocycles. The lowest BCUT2D eigenvalue weighted by Gasteiger charge is -2.07. The van der Waals surface area contributed by atoms with Gasteiger partial charge in [0.2, 0.25) is 5.82 Å². The lowest BCUT2D eigenvalue weighted by molar-refractivity contribution is 0.0942. The summed E-state index contributed by atoms with van der Waals surface area (Å²) >= 11 is 5.97. The maximum absolute atomic E-state index is 12.8. The third-order valence-electron chi connectivity index (χ3n) is 4.22. The summed E-state index contributed by atoms with van der Waals surface area (Å²) in [6, 6.07) is 10.6. The Kier molecular flexibility index (Phi) is 5.76. The highest BCUT2D eigenvalue weighted by Gasteiger charge is 2.21. The summed E-state index contributed by atoms with van der Waals surface area (Å²) in [5, 5.41) is 6.29. The van der Waals surface area contributed by atoms with Crippen LogP contribution < -0.4 is 10.6 Å². The fourth-order valence-electron chi connectivity index (χ4n) is 2.77. The summed E-state index contributed by atoms with van der Waals surface area (Å²) in [6.07, 6.45) is 3.59. The molecule has 0 saturated carbocycles. The molecule has 2 N–H and O–H groups in total. The van der Waals surface area contributed by atoms with E-state index < -0.39 is 0 Å². The molecule has 0 aliphatic carbocycles. The van der Waals surface area contributed by atoms with Gasteiger partial charge in [0.25, 0.3) is 11.8 Å². The number of hydrogen-bond acceptors (Lipinski definition) is 3. The quantitative estimate of drug-likeness (QED) is 0.629. The van der Waals surface area contributed by atoms with Gasteiger partial charge < -0.3 is 10.6 Å². The molecule has 0 unspecified atom stereocenters. The summed E-state index contributed by atoms with van der Waals surface area (Å²) in [6.45, 7) is 4.49. The second-order valence-electron chi connectivity index (χ2n) is 6.26. The number of fused-ring (bicyclic) bond motifs is 1. The van der Waals surface area contributed by atoms with Crippen LogP contribution in [-0.2, 0) is 0 Å². The van der Waals surface area contributed by atoms with Gasteiger partial charge in [-0.25, -0.2) is 4.98 Å². The van der Waals surface area contributed by atoms with E-state index >= 15 is 0 Å². The number of hydrogen-bond donors (Lipinski definition) is 2. The molecule has 2 heterocycles. The van der Waals surface area contributed by atoms with E-state index in [-0.39, 0.29) is 23.3 Å². The van der Waals surface area contributed by atoms with Gasteiger partial charge in [-0.2, -0.15) is 0 Å². The van der Waals surface area contributed by atoms with Crippen LogP contribution in [0.4, 0.5) is 5.69 Å². The summed E-state index contributed by atoms with van der Waals surface area (Å²) in [5.74, 6) is -0.484. The molecule has 0 spiro atoms. The Balaban J connectivity index is 1.92. The number of anilines is 1. The van der Waals surface area contributed by atoms with E-state index in [2.05, 4.69) is 22.5 Å². The molecule has 140 valence electrons. The molecule has 7 heteroatoms. The van der Waals surface area contributed by atoms with Crippen LogP contribution in [-0.4, -0.2) is 27.7 Å². The van der Waals surface area contributed by atoms with Crippen LogP contribution >= 0.6 is 11.6 Å². The first-order valence-corrected chi connectivity index (χ1v) is 9.22. The van der Waals surface area contributed by atoms with E-state index in [1.807, 2.05) is 6.92 Å². The van der Waals surface area contributed by atoms with Crippen molar-refractivity contribution >= 4 is 34.6 Å². The van der Waals surface area contributed by atoms with Gasteiger partial charge in [0, 0.05) is 23.5 Å². The molecule has 0 radical (unpaired) electrons. The van der Waals surface area contributed by atoms with Crippen LogP contribution in [0.25, 0.3) is 5.52 Å². The number of carbonyl (C=O) groups is 2. The predicted molar refractivity (Wildman–Crippen MR) is 107 cm³/mol. The van der Waals surface area contributed by atoms with Gasteiger partial charge in [0.1, 0.15) is 0 Å². The van der Waals surface area contributed by atoms with Crippen molar-refractivity contribution in [3.8, 4) is 0 Å². The van der Waals surface area contributed by atoms with Gasteiger partial charge in [0.05, 0.1) is 5.52 Å². The number of unbranched alkanes of at least 4 members (excludes halogenated alkanes) is 1. The number of amides is 2. The van der Waals surface area contributed by atoms with Crippen LogP contribution in [0, 0.1) is 6.92 Å². The highest BCUT2D eigenvalue weighted by Crippen LogP contribution is 2.21. The number of halogens is 1. The molecule has 27 heavy (non-hydrogen) atoms. The minimum atomic E-state index is -0.378. The van der Waals surface area contributed by atoms with Crippen LogP contribution in [0.5, 0.6) is 0 Å². The number of benzene rings is 1. The number of pyridine rings is 1. The molecule has 3 aromatic rings. The highest BCUT2D eigenvalue weighted by molar-refractivity contribution is 6.30. The van der Waals surface area contributed by atoms with Crippen molar-refractivity contribution in [3.05, 3.63) is 64.7 Å². The van der Waals surface area contributed by atoms with Crippen LogP contribution in [0.3, 0.4) is 0 Å². The lowest BCUT2D eigenvalue weighted by atomic mass is 10.2. The number of aryl methyl sites for hydroxylation is 1. The van der Waals surface area contributed by atoms with Gasteiger partial charge in [-0.3, -0.25) is 14.0 Å². The first kappa shape index (κ1) is 18.9. The summed E-state index contributed by atoms with van der Waals surface area (Å²) in [4.78, 5) is 29.6. The number of imidazole rings is 1. The SMILES string of the molecule is CCCCNC(=O)c1nc(C(=O)Nc2ccc(Cl)cc2C)c2ccccn12. The van der Waals surface area contributed by atoms with Crippen LogP contribution in [0.1, 0.15) is 46.4 Å². The van der Waals surface area contributed by atoms with E-state index in [1.165, 1.54) is 0 Å². The van der Waals surface area contributed by atoms with Gasteiger partial charge in [-0.1, -0.05) is 31.0 Å². The average Bonchev–Trinajstić information content (AvgIpc) is 3.04. The highest BCUT2D eigenvalue weighted by atomic mass is 35.5. The zero-order valence-electron chi connectivity index (χ0n) is 15.3. The average molecular weight is 385 g/mol. The number of nitrogens with one attached hydrogen (secondary N) is 2. The zero-order valence-corrected chi connectivity index (χ0v) is 16.0. The van der Waals surface area contributed by atoms with Crippen molar-refractivity contribution in [2.75, 3.05) is 11.9 Å². The minimum Gasteiger partial charge on any atom is -0.349 e. The Labute approximate surface area is 162 Å². The summed E-state index contributed by atoms with van der Waals surface area (Å²) < 4.78 is 1.63. The van der Waals surface area contributed by atoms with Crippen LogP contribution in [0.2, 0.25) is 5.02 Å². The monoisotopic (exact) mass is 384 g/mol. The fraction of sp³-hybridized carbons (Fsp3) is 0.250. The lowest BCUT2D eigenvalue weighted by Crippen LogP contribution is -2.26. The summed E-state index contributed by atoms with van der Waals surface area (Å²) in [7, 11) is 0. The standard InChI is InChI=1S/C20H21ClN4O2/c1-3-4-10-22-20(27)18-24-17(16-7-5-6-11-25(16)18)19(26)23-15-9-8-14(21)12-13(15)2/h5-9,11-12H,3-4,10H2,1-2H3,(H,22,27)(H,23,26). The van der Waals surface area contributed by atoms with E-state index in [0.717, 1.165) is 18.4 Å². The minimum absolute atomic E-state index is 0.194. The van der Waals surface area contributed by atoms with Crippen molar-refractivity contribution in [2.24, 2.45) is 0 Å². The second-order valence-corrected chi connectivity index (χ2v) is 6.70. The molecule has 0 aliphatic heterocycles. The zero-order chi connectivity index (χ0) is 19.4. The maximum Gasteiger partial charge on any atom is 0.287 e. The maximum atomic E-state index is 12.8. The van der Waals surface area contributed by atoms with Crippen LogP contribution in [0.15, 0.2) is 42.6 Å². The summed E-state index contributed by atoms with van der Waals surface area (Å²) in [5.41, 5.74) is 2.26.